The highest BCUT2D eigenvalue weighted by Crippen LogP contribution is 2.48. The van der Waals surface area contributed by atoms with Crippen molar-refractivity contribution < 1.29 is 14.6 Å². The first-order valence-corrected chi connectivity index (χ1v) is 6.51. The number of esters is 1. The molecule has 3 heteroatoms. The van der Waals surface area contributed by atoms with Crippen LogP contribution in [0.25, 0.3) is 0 Å². The van der Waals surface area contributed by atoms with Crippen LogP contribution in [0.4, 0.5) is 0 Å². The first-order valence-electron chi connectivity index (χ1n) is 6.51. The molecule has 0 amide bonds. The van der Waals surface area contributed by atoms with Gasteiger partial charge in [0.2, 0.25) is 0 Å². The second kappa shape index (κ2) is 4.09. The Bertz CT molecular complexity index is 484. The third kappa shape index (κ3) is 1.50. The summed E-state index contributed by atoms with van der Waals surface area (Å²) in [6, 6.07) is 0. The van der Waals surface area contributed by atoms with E-state index in [9.17, 15) is 9.90 Å². The van der Waals surface area contributed by atoms with Gasteiger partial charge in [-0.15, -0.1) is 0 Å². The predicted molar refractivity (Wildman–Crippen MR) is 67.7 cm³/mol. The highest BCUT2D eigenvalue weighted by Gasteiger charge is 2.47. The molecule has 1 heterocycles. The van der Waals surface area contributed by atoms with E-state index in [0.29, 0.717) is 5.57 Å². The summed E-state index contributed by atoms with van der Waals surface area (Å²) >= 11 is 0. The van der Waals surface area contributed by atoms with Crippen LogP contribution >= 0.6 is 0 Å². The molecule has 3 unspecified atom stereocenters. The Hall–Kier alpha value is -1.35. The topological polar surface area (TPSA) is 46.5 Å². The van der Waals surface area contributed by atoms with Gasteiger partial charge in [-0.05, 0) is 31.8 Å². The average Bonchev–Trinajstić information content (AvgIpc) is 2.79. The highest BCUT2D eigenvalue weighted by atomic mass is 16.6. The van der Waals surface area contributed by atoms with Crippen molar-refractivity contribution in [3.8, 4) is 0 Å². The van der Waals surface area contributed by atoms with Crippen molar-refractivity contribution in [2.24, 2.45) is 11.8 Å². The maximum Gasteiger partial charge on any atom is 0.334 e. The number of hydrogen-bond acceptors (Lipinski definition) is 3. The summed E-state index contributed by atoms with van der Waals surface area (Å²) in [7, 11) is 0. The summed E-state index contributed by atoms with van der Waals surface area (Å²) in [4.78, 5) is 11.7. The van der Waals surface area contributed by atoms with Gasteiger partial charge in [0.25, 0.3) is 0 Å². The first kappa shape index (κ1) is 11.7. The van der Waals surface area contributed by atoms with Gasteiger partial charge in [-0.2, -0.15) is 0 Å². The van der Waals surface area contributed by atoms with Gasteiger partial charge >= 0.3 is 5.97 Å². The number of fused-ring (bicyclic) bond motifs is 3. The van der Waals surface area contributed by atoms with Crippen LogP contribution in [0.15, 0.2) is 34.9 Å². The summed E-state index contributed by atoms with van der Waals surface area (Å²) in [6.45, 7) is 6.08. The van der Waals surface area contributed by atoms with Crippen LogP contribution in [0.1, 0.15) is 26.2 Å². The van der Waals surface area contributed by atoms with E-state index in [4.69, 9.17) is 4.74 Å². The Morgan fingerprint density at radius 3 is 3.06 bits per heavy atom. The Morgan fingerprint density at radius 2 is 2.33 bits per heavy atom. The normalized spacial score (nSPS) is 35.0. The van der Waals surface area contributed by atoms with Crippen LogP contribution in [0.3, 0.4) is 0 Å². The Morgan fingerprint density at radius 1 is 1.56 bits per heavy atom. The second-order valence-electron chi connectivity index (χ2n) is 5.46. The van der Waals surface area contributed by atoms with Gasteiger partial charge in [-0.1, -0.05) is 23.8 Å². The number of ether oxygens (including phenoxy) is 1. The summed E-state index contributed by atoms with van der Waals surface area (Å²) in [6.07, 6.45) is 4.69. The van der Waals surface area contributed by atoms with Crippen LogP contribution in [0.5, 0.6) is 0 Å². The van der Waals surface area contributed by atoms with Crippen molar-refractivity contribution in [3.05, 3.63) is 34.9 Å². The van der Waals surface area contributed by atoms with Crippen LogP contribution < -0.4 is 0 Å². The Labute approximate surface area is 107 Å². The van der Waals surface area contributed by atoms with E-state index in [-0.39, 0.29) is 30.5 Å². The van der Waals surface area contributed by atoms with E-state index in [1.54, 1.807) is 0 Å². The third-order valence-corrected chi connectivity index (χ3v) is 4.59. The molecule has 1 saturated heterocycles. The summed E-state index contributed by atoms with van der Waals surface area (Å²) in [5, 5.41) is 9.52. The standard InChI is InChI=1S/C15H18O3/c1-8-3-5-12-10(7-16)4-6-11-9(2)15(17)18-14(11)13(8)12/h3,11,13-14,16H,2,4-7H2,1H3. The molecular weight excluding hydrogens is 228 g/mol. The summed E-state index contributed by atoms with van der Waals surface area (Å²) in [5.41, 5.74) is 4.27. The number of allylic oxidation sites excluding steroid dienone is 1. The van der Waals surface area contributed by atoms with Crippen molar-refractivity contribution >= 4 is 5.97 Å². The molecule has 0 spiro atoms. The highest BCUT2D eigenvalue weighted by molar-refractivity contribution is 5.91. The van der Waals surface area contributed by atoms with Gasteiger partial charge in [-0.3, -0.25) is 0 Å². The molecule has 0 bridgehead atoms. The molecule has 18 heavy (non-hydrogen) atoms. The van der Waals surface area contributed by atoms with Crippen molar-refractivity contribution in [1.82, 2.24) is 0 Å². The Balaban J connectivity index is 2.04. The maximum atomic E-state index is 11.7. The lowest BCUT2D eigenvalue weighted by Gasteiger charge is -2.24. The smallest absolute Gasteiger partial charge is 0.334 e. The molecule has 0 aromatic heterocycles. The summed E-state index contributed by atoms with van der Waals surface area (Å²) in [5.74, 6) is 0.0438. The SMILES string of the molecule is C=C1C(=O)OC2C1CCC(CO)=C1CC=C(C)C12. The fourth-order valence-electron chi connectivity index (χ4n) is 3.56. The van der Waals surface area contributed by atoms with E-state index in [1.165, 1.54) is 11.1 Å². The van der Waals surface area contributed by atoms with E-state index < -0.39 is 0 Å². The summed E-state index contributed by atoms with van der Waals surface area (Å²) < 4.78 is 5.54. The van der Waals surface area contributed by atoms with Gasteiger partial charge in [-0.25, -0.2) is 4.79 Å². The minimum atomic E-state index is -0.239. The average molecular weight is 246 g/mol. The second-order valence-corrected chi connectivity index (χ2v) is 5.46. The molecule has 1 aliphatic heterocycles. The molecule has 0 saturated carbocycles. The van der Waals surface area contributed by atoms with Gasteiger partial charge in [0.1, 0.15) is 6.10 Å². The number of hydrogen-bond donors (Lipinski definition) is 1. The largest absolute Gasteiger partial charge is 0.457 e. The number of rotatable bonds is 1. The number of carbonyl (C=O) groups is 1. The van der Waals surface area contributed by atoms with Crippen LogP contribution in [0.2, 0.25) is 0 Å². The lowest BCUT2D eigenvalue weighted by atomic mass is 9.83. The van der Waals surface area contributed by atoms with Gasteiger partial charge in [0.05, 0.1) is 6.61 Å². The quantitative estimate of drug-likeness (QED) is 0.438. The molecule has 3 aliphatic rings. The molecule has 1 fully saturated rings. The molecule has 96 valence electrons. The van der Waals surface area contributed by atoms with Crippen LogP contribution in [0, 0.1) is 11.8 Å². The van der Waals surface area contributed by atoms with Crippen LogP contribution in [-0.4, -0.2) is 23.8 Å². The minimum Gasteiger partial charge on any atom is -0.457 e. The molecule has 3 nitrogen and oxygen atoms in total. The van der Waals surface area contributed by atoms with E-state index in [1.807, 2.05) is 0 Å². The molecule has 0 aromatic carbocycles. The van der Waals surface area contributed by atoms with E-state index >= 15 is 0 Å². The monoisotopic (exact) mass is 246 g/mol. The minimum absolute atomic E-state index is 0.0946. The fourth-order valence-corrected chi connectivity index (χ4v) is 3.56. The zero-order valence-electron chi connectivity index (χ0n) is 10.6. The van der Waals surface area contributed by atoms with Gasteiger partial charge in [0.15, 0.2) is 0 Å². The molecule has 0 radical (unpaired) electrons. The van der Waals surface area contributed by atoms with Crippen molar-refractivity contribution in [2.45, 2.75) is 32.3 Å². The third-order valence-electron chi connectivity index (χ3n) is 4.59. The maximum absolute atomic E-state index is 11.7. The lowest BCUT2D eigenvalue weighted by Crippen LogP contribution is -2.26. The zero-order valence-corrected chi connectivity index (χ0v) is 10.6. The molecule has 2 aliphatic carbocycles. The molecule has 3 atom stereocenters. The molecule has 3 rings (SSSR count). The van der Waals surface area contributed by atoms with E-state index in [0.717, 1.165) is 24.8 Å². The van der Waals surface area contributed by atoms with Gasteiger partial charge < -0.3 is 9.84 Å². The zero-order chi connectivity index (χ0) is 12.9. The van der Waals surface area contributed by atoms with E-state index in [2.05, 4.69) is 19.6 Å². The Kier molecular flexibility index (Phi) is 2.67. The van der Waals surface area contributed by atoms with Crippen LogP contribution in [-0.2, 0) is 9.53 Å². The molecule has 1 N–H and O–H groups in total. The predicted octanol–water partition coefficient (Wildman–Crippen LogP) is 2.13. The van der Waals surface area contributed by atoms with Gasteiger partial charge in [0, 0.05) is 17.4 Å². The lowest BCUT2D eigenvalue weighted by molar-refractivity contribution is -0.140. The number of carbonyl (C=O) groups excluding carboxylic acids is 1. The number of aliphatic hydroxyl groups excluding tert-OH is 1. The number of aliphatic hydroxyl groups is 1. The molecule has 0 aromatic rings. The van der Waals surface area contributed by atoms with Crippen molar-refractivity contribution in [2.75, 3.05) is 6.61 Å². The fraction of sp³-hybridized carbons (Fsp3) is 0.533. The van der Waals surface area contributed by atoms with Crippen molar-refractivity contribution in [3.63, 3.8) is 0 Å². The first-order chi connectivity index (χ1) is 8.63. The molecular formula is C15H18O3. The van der Waals surface area contributed by atoms with Crippen molar-refractivity contribution in [1.29, 1.82) is 0 Å².